The van der Waals surface area contributed by atoms with E-state index in [1.165, 1.54) is 54.4 Å². The van der Waals surface area contributed by atoms with Crippen LogP contribution in [0, 0.1) is 5.92 Å². The fraction of sp³-hybridized carbons (Fsp3) is 0.467. The average Bonchev–Trinajstić information content (AvgIpc) is 4.01. The van der Waals surface area contributed by atoms with Gasteiger partial charge in [0.1, 0.15) is 73.8 Å². The second-order valence-corrected chi connectivity index (χ2v) is 14.9. The summed E-state index contributed by atoms with van der Waals surface area (Å²) < 4.78 is 43.8. The van der Waals surface area contributed by atoms with E-state index in [-0.39, 0.29) is 24.4 Å². The van der Waals surface area contributed by atoms with Crippen molar-refractivity contribution in [3.8, 4) is 23.0 Å². The molecule has 280 valence electrons. The third-order valence-corrected chi connectivity index (χ3v) is 10.7. The van der Waals surface area contributed by atoms with Crippen LogP contribution >= 0.6 is 0 Å². The Bertz CT molecular complexity index is 1570. The minimum absolute atomic E-state index is 0.288. The van der Waals surface area contributed by atoms with Crippen molar-refractivity contribution >= 4 is 0 Å². The highest BCUT2D eigenvalue weighted by atomic mass is 16.6. The van der Waals surface area contributed by atoms with Gasteiger partial charge in [0.25, 0.3) is 0 Å². The first-order chi connectivity index (χ1) is 26.1. The van der Waals surface area contributed by atoms with Gasteiger partial charge in [0.2, 0.25) is 0 Å². The third kappa shape index (κ3) is 11.0. The molecule has 4 aromatic carbocycles. The summed E-state index contributed by atoms with van der Waals surface area (Å²) in [5.41, 5.74) is 5.30. The Hall–Kier alpha value is -4.08. The van der Waals surface area contributed by atoms with Crippen LogP contribution in [0.25, 0.3) is 0 Å². The summed E-state index contributed by atoms with van der Waals surface area (Å²) in [5, 5.41) is 0. The Balaban J connectivity index is 0.000000154. The van der Waals surface area contributed by atoms with Gasteiger partial charge in [0.15, 0.2) is 0 Å². The number of hydrogen-bond acceptors (Lipinski definition) is 8. The normalized spacial score (nSPS) is 23.8. The summed E-state index contributed by atoms with van der Waals surface area (Å²) in [5.74, 6) is 5.10. The quantitative estimate of drug-likeness (QED) is 0.101. The van der Waals surface area contributed by atoms with Crippen LogP contribution in [0.4, 0.5) is 0 Å². The second-order valence-electron chi connectivity index (χ2n) is 14.9. The molecule has 5 fully saturated rings. The molecule has 5 aliphatic rings. The van der Waals surface area contributed by atoms with Gasteiger partial charge in [-0.25, -0.2) is 0 Å². The van der Waals surface area contributed by atoms with E-state index in [4.69, 9.17) is 37.9 Å². The number of rotatable bonds is 17. The molecular weight excluding hydrogens is 668 g/mol. The van der Waals surface area contributed by atoms with Crippen molar-refractivity contribution in [1.82, 2.24) is 0 Å². The summed E-state index contributed by atoms with van der Waals surface area (Å²) in [6, 6.07) is 34.1. The van der Waals surface area contributed by atoms with Crippen molar-refractivity contribution in [3.05, 3.63) is 119 Å². The van der Waals surface area contributed by atoms with Gasteiger partial charge in [-0.2, -0.15) is 0 Å². The molecule has 1 aliphatic carbocycles. The number of hydrogen-bond donors (Lipinski definition) is 0. The molecule has 4 aromatic rings. The standard InChI is InChI=1S/C25H30O4.C20H22O4/c1-2-4-18(5-3-1)25(19-6-10-21(11-7-19)26-14-23-16-28-23)20-8-12-22(13-9-20)27-15-24-17-29-24;1-14(15-2-6-17(7-3-15)21-10-19-12-23-19)16-4-8-18(9-5-16)22-11-20-13-24-20/h6-13,18,23-25H,1-5,14-17H2;2-9,14,19-20H,10-13H2,1H3. The minimum atomic E-state index is 0.288. The zero-order valence-corrected chi connectivity index (χ0v) is 30.7. The predicted molar refractivity (Wildman–Crippen MR) is 203 cm³/mol. The van der Waals surface area contributed by atoms with E-state index in [0.29, 0.717) is 44.2 Å². The first-order valence-corrected chi connectivity index (χ1v) is 19.5. The SMILES string of the molecule is CC(c1ccc(OCC2CO2)cc1)c1ccc(OCC2CO2)cc1.c1cc(C(c2ccc(OCC3CO3)cc2)C2CCCCC2)ccc1OCC1CO1. The summed E-state index contributed by atoms with van der Waals surface area (Å²) in [7, 11) is 0. The summed E-state index contributed by atoms with van der Waals surface area (Å²) >= 11 is 0. The fourth-order valence-electron chi connectivity index (χ4n) is 7.06. The van der Waals surface area contributed by atoms with Crippen molar-refractivity contribution in [2.75, 3.05) is 52.9 Å². The molecule has 0 bridgehead atoms. The van der Waals surface area contributed by atoms with Crippen molar-refractivity contribution in [3.63, 3.8) is 0 Å². The van der Waals surface area contributed by atoms with Crippen LogP contribution in [-0.4, -0.2) is 77.3 Å². The highest BCUT2D eigenvalue weighted by molar-refractivity contribution is 5.40. The molecule has 0 spiro atoms. The molecule has 8 heteroatoms. The predicted octanol–water partition coefficient (Wildman–Crippen LogP) is 8.35. The molecule has 4 heterocycles. The molecule has 1 saturated carbocycles. The van der Waals surface area contributed by atoms with Crippen molar-refractivity contribution in [1.29, 1.82) is 0 Å². The van der Waals surface area contributed by atoms with Crippen LogP contribution in [0.15, 0.2) is 97.1 Å². The zero-order valence-electron chi connectivity index (χ0n) is 30.7. The van der Waals surface area contributed by atoms with Gasteiger partial charge in [-0.1, -0.05) is 74.7 Å². The Morgan fingerprint density at radius 1 is 0.434 bits per heavy atom. The Labute approximate surface area is 313 Å². The van der Waals surface area contributed by atoms with E-state index < -0.39 is 0 Å². The lowest BCUT2D eigenvalue weighted by atomic mass is 9.73. The molecule has 53 heavy (non-hydrogen) atoms. The monoisotopic (exact) mass is 720 g/mol. The van der Waals surface area contributed by atoms with Crippen LogP contribution < -0.4 is 18.9 Å². The van der Waals surface area contributed by atoms with Crippen LogP contribution in [0.1, 0.15) is 73.1 Å². The lowest BCUT2D eigenvalue weighted by Crippen LogP contribution is -2.17. The average molecular weight is 721 g/mol. The molecule has 9 rings (SSSR count). The first kappa shape index (κ1) is 35.9. The van der Waals surface area contributed by atoms with Crippen molar-refractivity contribution in [2.24, 2.45) is 5.92 Å². The molecule has 4 unspecified atom stereocenters. The number of ether oxygens (including phenoxy) is 8. The molecule has 0 N–H and O–H groups in total. The molecular formula is C45H52O8. The molecule has 0 aromatic heterocycles. The lowest BCUT2D eigenvalue weighted by Gasteiger charge is -2.31. The first-order valence-electron chi connectivity index (χ1n) is 19.5. The topological polar surface area (TPSA) is 87.0 Å². The fourth-order valence-corrected chi connectivity index (χ4v) is 7.06. The van der Waals surface area contributed by atoms with Crippen LogP contribution in [0.2, 0.25) is 0 Å². The summed E-state index contributed by atoms with van der Waals surface area (Å²) in [6.07, 6.45) is 7.81. The van der Waals surface area contributed by atoms with E-state index in [1.807, 2.05) is 24.3 Å². The highest BCUT2D eigenvalue weighted by Crippen LogP contribution is 2.41. The Morgan fingerprint density at radius 2 is 0.717 bits per heavy atom. The van der Waals surface area contributed by atoms with Crippen LogP contribution in [0.3, 0.4) is 0 Å². The molecule has 4 aliphatic heterocycles. The summed E-state index contributed by atoms with van der Waals surface area (Å²) in [6.45, 7) is 8.10. The largest absolute Gasteiger partial charge is 0.491 e. The van der Waals surface area contributed by atoms with Gasteiger partial charge in [-0.3, -0.25) is 0 Å². The van der Waals surface area contributed by atoms with Crippen molar-refractivity contribution in [2.45, 2.75) is 75.3 Å². The zero-order chi connectivity index (χ0) is 35.8. The number of epoxide rings is 4. The van der Waals surface area contributed by atoms with Crippen molar-refractivity contribution < 1.29 is 37.9 Å². The minimum Gasteiger partial charge on any atom is -0.491 e. The van der Waals surface area contributed by atoms with Gasteiger partial charge in [-0.15, -0.1) is 0 Å². The Morgan fingerprint density at radius 3 is 1.00 bits per heavy atom. The maximum absolute atomic E-state index is 5.83. The molecule has 8 nitrogen and oxygen atoms in total. The van der Waals surface area contributed by atoms with E-state index in [1.54, 1.807) is 0 Å². The lowest BCUT2D eigenvalue weighted by molar-refractivity contribution is 0.262. The van der Waals surface area contributed by atoms with Gasteiger partial charge < -0.3 is 37.9 Å². The van der Waals surface area contributed by atoms with E-state index in [9.17, 15) is 0 Å². The van der Waals surface area contributed by atoms with Gasteiger partial charge in [0.05, 0.1) is 26.4 Å². The highest BCUT2D eigenvalue weighted by Gasteiger charge is 2.28. The Kier molecular flexibility index (Phi) is 11.8. The van der Waals surface area contributed by atoms with E-state index in [2.05, 4.69) is 79.7 Å². The smallest absolute Gasteiger partial charge is 0.119 e. The van der Waals surface area contributed by atoms with Crippen LogP contribution in [-0.2, 0) is 18.9 Å². The molecule has 0 radical (unpaired) electrons. The maximum atomic E-state index is 5.83. The van der Waals surface area contributed by atoms with Gasteiger partial charge in [-0.05, 0) is 89.5 Å². The molecule has 4 saturated heterocycles. The van der Waals surface area contributed by atoms with Gasteiger partial charge >= 0.3 is 0 Å². The molecule has 0 amide bonds. The van der Waals surface area contributed by atoms with E-state index >= 15 is 0 Å². The molecule has 4 atom stereocenters. The number of benzene rings is 4. The van der Waals surface area contributed by atoms with Crippen LogP contribution in [0.5, 0.6) is 23.0 Å². The summed E-state index contributed by atoms with van der Waals surface area (Å²) in [4.78, 5) is 0. The maximum Gasteiger partial charge on any atom is 0.119 e. The third-order valence-electron chi connectivity index (χ3n) is 10.7. The second kappa shape index (κ2) is 17.4. The van der Waals surface area contributed by atoms with Gasteiger partial charge in [0, 0.05) is 11.8 Å². The van der Waals surface area contributed by atoms with E-state index in [0.717, 1.165) is 49.4 Å².